The largest absolute Gasteiger partial charge is 0.462 e. The predicted molar refractivity (Wildman–Crippen MR) is 109 cm³/mol. The van der Waals surface area contributed by atoms with Gasteiger partial charge in [-0.05, 0) is 43.9 Å². The summed E-state index contributed by atoms with van der Waals surface area (Å²) in [5.74, 6) is -0.605. The predicted octanol–water partition coefficient (Wildman–Crippen LogP) is 2.77. The number of rotatable bonds is 8. The Labute approximate surface area is 174 Å². The second-order valence-corrected chi connectivity index (χ2v) is 7.58. The van der Waals surface area contributed by atoms with Crippen molar-refractivity contribution in [2.24, 2.45) is 0 Å². The molecule has 1 aromatic rings. The van der Waals surface area contributed by atoms with Crippen LogP contribution in [0.5, 0.6) is 0 Å². The van der Waals surface area contributed by atoms with E-state index in [4.69, 9.17) is 27.9 Å². The number of hydrogen-bond donors (Lipinski definition) is 2. The standard InChI is InChI=1S/C19H25Cl2N3O4/c1-12-15(20)3-4-16(18(12)21)23-19(27)17(22-11-25)7-10-24-8-5-14(6-9-24)28-13(2)26/h3-4,11,14,17H,5-10H2,1-2H3,(H,22,25)(H,23,27). The highest BCUT2D eigenvalue weighted by atomic mass is 35.5. The van der Waals surface area contributed by atoms with E-state index in [0.29, 0.717) is 40.7 Å². The third kappa shape index (κ3) is 6.36. The summed E-state index contributed by atoms with van der Waals surface area (Å²) in [6, 6.07) is 2.61. The molecule has 2 amide bonds. The Balaban J connectivity index is 1.89. The van der Waals surface area contributed by atoms with E-state index in [1.54, 1.807) is 19.1 Å². The number of likely N-dealkylation sites (tertiary alicyclic amines) is 1. The van der Waals surface area contributed by atoms with Crippen molar-refractivity contribution in [3.05, 3.63) is 27.7 Å². The first-order chi connectivity index (χ1) is 13.3. The summed E-state index contributed by atoms with van der Waals surface area (Å²) in [6.45, 7) is 5.36. The van der Waals surface area contributed by atoms with Gasteiger partial charge in [-0.3, -0.25) is 14.4 Å². The van der Waals surface area contributed by atoms with Crippen molar-refractivity contribution in [3.63, 3.8) is 0 Å². The van der Waals surface area contributed by atoms with E-state index in [2.05, 4.69) is 15.5 Å². The van der Waals surface area contributed by atoms with Gasteiger partial charge in [0.05, 0.1) is 10.7 Å². The summed E-state index contributed by atoms with van der Waals surface area (Å²) in [5, 5.41) is 6.21. The SMILES string of the molecule is CC(=O)OC1CCN(CCC(NC=O)C(=O)Nc2ccc(Cl)c(C)c2Cl)CC1. The highest BCUT2D eigenvalue weighted by Gasteiger charge is 2.24. The highest BCUT2D eigenvalue weighted by molar-refractivity contribution is 6.38. The topological polar surface area (TPSA) is 87.7 Å². The van der Waals surface area contributed by atoms with Crippen LogP contribution in [0.25, 0.3) is 0 Å². The molecule has 1 atom stereocenters. The van der Waals surface area contributed by atoms with Crippen LogP contribution in [0.2, 0.25) is 10.0 Å². The molecule has 0 bridgehead atoms. The van der Waals surface area contributed by atoms with Crippen molar-refractivity contribution in [1.29, 1.82) is 0 Å². The van der Waals surface area contributed by atoms with Gasteiger partial charge in [0.25, 0.3) is 0 Å². The van der Waals surface area contributed by atoms with E-state index in [0.717, 1.165) is 25.9 Å². The van der Waals surface area contributed by atoms with Gasteiger partial charge in [0.2, 0.25) is 12.3 Å². The minimum absolute atomic E-state index is 0.0452. The average Bonchev–Trinajstić information content (AvgIpc) is 2.66. The number of nitrogens with one attached hydrogen (secondary N) is 2. The van der Waals surface area contributed by atoms with Gasteiger partial charge in [-0.25, -0.2) is 0 Å². The lowest BCUT2D eigenvalue weighted by atomic mass is 10.1. The molecular formula is C19H25Cl2N3O4. The summed E-state index contributed by atoms with van der Waals surface area (Å²) >= 11 is 12.3. The van der Waals surface area contributed by atoms with Crippen LogP contribution in [-0.4, -0.2) is 55.0 Å². The lowest BCUT2D eigenvalue weighted by Gasteiger charge is -2.32. The summed E-state index contributed by atoms with van der Waals surface area (Å²) < 4.78 is 5.23. The third-order valence-electron chi connectivity index (χ3n) is 4.77. The maximum atomic E-state index is 12.6. The van der Waals surface area contributed by atoms with Crippen LogP contribution < -0.4 is 10.6 Å². The lowest BCUT2D eigenvalue weighted by Crippen LogP contribution is -2.44. The van der Waals surface area contributed by atoms with E-state index < -0.39 is 6.04 Å². The van der Waals surface area contributed by atoms with Gasteiger partial charge in [0.15, 0.2) is 0 Å². The maximum Gasteiger partial charge on any atom is 0.302 e. The number of ether oxygens (including phenoxy) is 1. The average molecular weight is 430 g/mol. The number of piperidine rings is 1. The summed E-state index contributed by atoms with van der Waals surface area (Å²) in [7, 11) is 0. The molecule has 0 radical (unpaired) electrons. The van der Waals surface area contributed by atoms with Crippen LogP contribution in [0.1, 0.15) is 31.7 Å². The monoisotopic (exact) mass is 429 g/mol. The molecule has 0 spiro atoms. The quantitative estimate of drug-likeness (QED) is 0.489. The third-order valence-corrected chi connectivity index (χ3v) is 5.66. The van der Waals surface area contributed by atoms with Crippen LogP contribution in [0, 0.1) is 6.92 Å². The second-order valence-electron chi connectivity index (χ2n) is 6.80. The number of nitrogens with zero attached hydrogens (tertiary/aromatic N) is 1. The van der Waals surface area contributed by atoms with Crippen LogP contribution in [0.3, 0.4) is 0 Å². The zero-order valence-corrected chi connectivity index (χ0v) is 17.5. The van der Waals surface area contributed by atoms with Crippen LogP contribution in [0.4, 0.5) is 5.69 Å². The molecule has 2 N–H and O–H groups in total. The number of halogens is 2. The molecule has 7 nitrogen and oxygen atoms in total. The van der Waals surface area contributed by atoms with Crippen molar-refractivity contribution in [3.8, 4) is 0 Å². The van der Waals surface area contributed by atoms with Gasteiger partial charge in [-0.2, -0.15) is 0 Å². The molecule has 0 aliphatic carbocycles. The van der Waals surface area contributed by atoms with Crippen molar-refractivity contribution in [2.45, 2.75) is 45.3 Å². The Bertz CT molecular complexity index is 721. The number of benzene rings is 1. The van der Waals surface area contributed by atoms with Gasteiger partial charge < -0.3 is 20.3 Å². The van der Waals surface area contributed by atoms with E-state index >= 15 is 0 Å². The number of carbonyl (C=O) groups is 3. The lowest BCUT2D eigenvalue weighted by molar-refractivity contribution is -0.148. The van der Waals surface area contributed by atoms with Crippen molar-refractivity contribution in [2.75, 3.05) is 25.0 Å². The molecular weight excluding hydrogens is 405 g/mol. The first kappa shape index (κ1) is 22.5. The van der Waals surface area contributed by atoms with Gasteiger partial charge in [-0.15, -0.1) is 0 Å². The Morgan fingerprint density at radius 1 is 1.32 bits per heavy atom. The van der Waals surface area contributed by atoms with Crippen molar-refractivity contribution >= 4 is 47.2 Å². The Morgan fingerprint density at radius 3 is 2.61 bits per heavy atom. The van der Waals surface area contributed by atoms with Gasteiger partial charge in [0, 0.05) is 31.6 Å². The molecule has 28 heavy (non-hydrogen) atoms. The fourth-order valence-electron chi connectivity index (χ4n) is 3.15. The molecule has 1 fully saturated rings. The first-order valence-corrected chi connectivity index (χ1v) is 9.92. The van der Waals surface area contributed by atoms with Crippen molar-refractivity contribution in [1.82, 2.24) is 10.2 Å². The zero-order valence-electron chi connectivity index (χ0n) is 16.0. The summed E-state index contributed by atoms with van der Waals surface area (Å²) in [5.41, 5.74) is 1.13. The molecule has 1 aromatic carbocycles. The number of anilines is 1. The number of carbonyl (C=O) groups excluding carboxylic acids is 3. The van der Waals surface area contributed by atoms with E-state index in [-0.39, 0.29) is 18.0 Å². The summed E-state index contributed by atoms with van der Waals surface area (Å²) in [4.78, 5) is 36.8. The van der Waals surface area contributed by atoms with Gasteiger partial charge in [-0.1, -0.05) is 23.2 Å². The first-order valence-electron chi connectivity index (χ1n) is 9.16. The maximum absolute atomic E-state index is 12.6. The number of amides is 2. The summed E-state index contributed by atoms with van der Waals surface area (Å²) in [6.07, 6.45) is 2.45. The molecule has 1 aliphatic heterocycles. The van der Waals surface area contributed by atoms with Crippen molar-refractivity contribution < 1.29 is 19.1 Å². The van der Waals surface area contributed by atoms with Gasteiger partial charge in [0.1, 0.15) is 12.1 Å². The van der Waals surface area contributed by atoms with E-state index in [1.807, 2.05) is 0 Å². The van der Waals surface area contributed by atoms with Crippen LogP contribution in [0.15, 0.2) is 12.1 Å². The molecule has 154 valence electrons. The fourth-order valence-corrected chi connectivity index (χ4v) is 3.57. The van der Waals surface area contributed by atoms with Gasteiger partial charge >= 0.3 is 5.97 Å². The second kappa shape index (κ2) is 10.6. The molecule has 1 heterocycles. The highest BCUT2D eigenvalue weighted by Crippen LogP contribution is 2.31. The minimum atomic E-state index is -0.684. The Kier molecular flexibility index (Phi) is 8.54. The molecule has 1 aliphatic rings. The minimum Gasteiger partial charge on any atom is -0.462 e. The van der Waals surface area contributed by atoms with E-state index in [9.17, 15) is 14.4 Å². The smallest absolute Gasteiger partial charge is 0.302 e. The molecule has 1 unspecified atom stereocenters. The van der Waals surface area contributed by atoms with Crippen LogP contribution >= 0.6 is 23.2 Å². The fraction of sp³-hybridized carbons (Fsp3) is 0.526. The van der Waals surface area contributed by atoms with E-state index in [1.165, 1.54) is 6.92 Å². The Morgan fingerprint density at radius 2 is 2.00 bits per heavy atom. The molecule has 9 heteroatoms. The molecule has 0 aromatic heterocycles. The number of hydrogen-bond acceptors (Lipinski definition) is 5. The van der Waals surface area contributed by atoms with Crippen LogP contribution in [-0.2, 0) is 19.1 Å². The molecule has 2 rings (SSSR count). The number of esters is 1. The Hall–Kier alpha value is -1.83. The zero-order chi connectivity index (χ0) is 20.7. The normalized spacial score (nSPS) is 16.3. The molecule has 0 saturated carbocycles. The molecule has 1 saturated heterocycles.